The molecule has 0 aromatic carbocycles. The van der Waals surface area contributed by atoms with Gasteiger partial charge in [-0.15, -0.1) is 11.3 Å². The zero-order valence-corrected chi connectivity index (χ0v) is 14.3. The van der Waals surface area contributed by atoms with Crippen molar-refractivity contribution in [2.24, 2.45) is 0 Å². The number of nitrogens with zero attached hydrogens (tertiary/aromatic N) is 4. The van der Waals surface area contributed by atoms with E-state index in [2.05, 4.69) is 37.5 Å². The lowest BCUT2D eigenvalue weighted by molar-refractivity contribution is 0.131. The van der Waals surface area contributed by atoms with Crippen LogP contribution in [-0.2, 0) is 13.0 Å². The smallest absolute Gasteiger partial charge is 0.274 e. The van der Waals surface area contributed by atoms with Crippen molar-refractivity contribution >= 4 is 17.1 Å². The van der Waals surface area contributed by atoms with Crippen molar-refractivity contribution in [1.29, 1.82) is 0 Å². The van der Waals surface area contributed by atoms with Crippen LogP contribution in [0.3, 0.4) is 0 Å². The molecule has 6 nitrogen and oxygen atoms in total. The van der Waals surface area contributed by atoms with Crippen molar-refractivity contribution in [2.45, 2.75) is 44.7 Å². The molecule has 3 aromatic rings. The number of fused-ring (bicyclic) bond motifs is 1. The molecule has 1 aliphatic heterocycles. The van der Waals surface area contributed by atoms with Gasteiger partial charge in [0.05, 0.1) is 5.69 Å². The molecular weight excluding hydrogens is 322 g/mol. The lowest BCUT2D eigenvalue weighted by Gasteiger charge is -2.35. The number of aromatic nitrogens is 4. The third kappa shape index (κ3) is 3.27. The maximum atomic E-state index is 12.1. The van der Waals surface area contributed by atoms with Crippen LogP contribution in [0.5, 0.6) is 0 Å². The van der Waals surface area contributed by atoms with E-state index in [4.69, 9.17) is 0 Å². The van der Waals surface area contributed by atoms with Gasteiger partial charge in [-0.05, 0) is 43.7 Å². The summed E-state index contributed by atoms with van der Waals surface area (Å²) in [6.07, 6.45) is 7.55. The summed E-state index contributed by atoms with van der Waals surface area (Å²) in [5, 5.41) is 4.92. The average molecular weight is 343 g/mol. The Hall–Kier alpha value is -1.99. The molecule has 126 valence electrons. The van der Waals surface area contributed by atoms with Crippen molar-refractivity contribution in [3.63, 3.8) is 0 Å². The summed E-state index contributed by atoms with van der Waals surface area (Å²) in [4.78, 5) is 24.7. The molecule has 0 aliphatic carbocycles. The minimum absolute atomic E-state index is 0.0976. The fraction of sp³-hybridized carbons (Fsp3) is 0.471. The summed E-state index contributed by atoms with van der Waals surface area (Å²) in [5.74, 6) is 0.449. The summed E-state index contributed by atoms with van der Waals surface area (Å²) < 4.78 is 1.37. The Balaban J connectivity index is 1.48. The predicted octanol–water partition coefficient (Wildman–Crippen LogP) is 2.47. The molecule has 1 fully saturated rings. The van der Waals surface area contributed by atoms with Gasteiger partial charge >= 0.3 is 0 Å². The number of rotatable bonds is 5. The van der Waals surface area contributed by atoms with Crippen molar-refractivity contribution in [1.82, 2.24) is 24.5 Å². The quantitative estimate of drug-likeness (QED) is 0.773. The van der Waals surface area contributed by atoms with Crippen LogP contribution in [0.4, 0.5) is 0 Å². The largest absolute Gasteiger partial charge is 0.295 e. The van der Waals surface area contributed by atoms with Crippen LogP contribution in [0.15, 0.2) is 34.7 Å². The molecule has 3 aromatic heterocycles. The monoisotopic (exact) mass is 343 g/mol. The Morgan fingerprint density at radius 3 is 3.21 bits per heavy atom. The summed E-state index contributed by atoms with van der Waals surface area (Å²) in [6.45, 7) is 1.81. The highest BCUT2D eigenvalue weighted by Crippen LogP contribution is 2.24. The van der Waals surface area contributed by atoms with Crippen molar-refractivity contribution < 1.29 is 0 Å². The van der Waals surface area contributed by atoms with Crippen LogP contribution < -0.4 is 5.56 Å². The normalized spacial score (nSPS) is 19.1. The molecule has 0 radical (unpaired) electrons. The molecule has 0 saturated carbocycles. The first-order valence-corrected chi connectivity index (χ1v) is 9.36. The fourth-order valence-corrected chi connectivity index (χ4v) is 4.24. The van der Waals surface area contributed by atoms with E-state index >= 15 is 0 Å². The highest BCUT2D eigenvalue weighted by atomic mass is 32.1. The summed E-state index contributed by atoms with van der Waals surface area (Å²) in [6, 6.07) is 6.53. The van der Waals surface area contributed by atoms with Crippen LogP contribution in [0.2, 0.25) is 0 Å². The molecule has 4 heterocycles. The van der Waals surface area contributed by atoms with Gasteiger partial charge in [0, 0.05) is 23.5 Å². The Kier molecular flexibility index (Phi) is 4.44. The van der Waals surface area contributed by atoms with E-state index in [-0.39, 0.29) is 5.56 Å². The Bertz CT molecular complexity index is 853. The number of piperidine rings is 1. The minimum atomic E-state index is -0.0976. The maximum Gasteiger partial charge on any atom is 0.274 e. The second-order valence-electron chi connectivity index (χ2n) is 6.35. The van der Waals surface area contributed by atoms with E-state index in [9.17, 15) is 4.79 Å². The van der Waals surface area contributed by atoms with Gasteiger partial charge in [-0.1, -0.05) is 12.5 Å². The second-order valence-corrected chi connectivity index (χ2v) is 7.38. The zero-order chi connectivity index (χ0) is 16.4. The molecule has 1 N–H and O–H groups in total. The average Bonchev–Trinajstić information content (AvgIpc) is 3.25. The van der Waals surface area contributed by atoms with Gasteiger partial charge in [0.1, 0.15) is 6.33 Å². The molecule has 1 saturated heterocycles. The molecule has 1 atom stereocenters. The van der Waals surface area contributed by atoms with Crippen molar-refractivity contribution in [3.8, 4) is 0 Å². The fourth-order valence-electron chi connectivity index (χ4n) is 3.52. The highest BCUT2D eigenvalue weighted by molar-refractivity contribution is 7.09. The van der Waals surface area contributed by atoms with E-state index in [0.717, 1.165) is 25.2 Å². The van der Waals surface area contributed by atoms with Crippen LogP contribution in [0, 0.1) is 0 Å². The van der Waals surface area contributed by atoms with Crippen LogP contribution in [0.1, 0.15) is 36.3 Å². The van der Waals surface area contributed by atoms with Crippen LogP contribution in [-0.4, -0.2) is 37.1 Å². The number of hydrogen-bond donors (Lipinski definition) is 1. The first-order chi connectivity index (χ1) is 11.8. The van der Waals surface area contributed by atoms with E-state index in [1.165, 1.54) is 41.4 Å². The number of aryl methyl sites for hydroxylation is 1. The second kappa shape index (κ2) is 6.86. The Morgan fingerprint density at radius 2 is 2.33 bits per heavy atom. The van der Waals surface area contributed by atoms with E-state index in [1.54, 1.807) is 6.07 Å². The van der Waals surface area contributed by atoms with Gasteiger partial charge in [0.15, 0.2) is 0 Å². The third-order valence-electron chi connectivity index (χ3n) is 4.74. The minimum Gasteiger partial charge on any atom is -0.295 e. The van der Waals surface area contributed by atoms with Crippen LogP contribution >= 0.6 is 11.3 Å². The molecule has 0 amide bonds. The van der Waals surface area contributed by atoms with E-state index in [0.29, 0.717) is 11.8 Å². The van der Waals surface area contributed by atoms with Crippen molar-refractivity contribution in [3.05, 3.63) is 50.8 Å². The summed E-state index contributed by atoms with van der Waals surface area (Å²) in [7, 11) is 0. The lowest BCUT2D eigenvalue weighted by atomic mass is 9.97. The molecule has 4 rings (SSSR count). The Labute approximate surface area is 144 Å². The first kappa shape index (κ1) is 15.5. The van der Waals surface area contributed by atoms with Gasteiger partial charge < -0.3 is 0 Å². The van der Waals surface area contributed by atoms with Gasteiger partial charge in [0.2, 0.25) is 0 Å². The lowest BCUT2D eigenvalue weighted by Crippen LogP contribution is -2.39. The Morgan fingerprint density at radius 1 is 1.38 bits per heavy atom. The molecule has 7 heteroatoms. The predicted molar refractivity (Wildman–Crippen MR) is 94.3 cm³/mol. The molecule has 24 heavy (non-hydrogen) atoms. The number of nitrogens with one attached hydrogen (secondary N) is 1. The standard InChI is InChI=1S/C17H21N5OS/c23-16-10-13(20-17-18-12-19-22(16)17)11-21-8-2-1-4-14(21)6-7-15-5-3-9-24-15/h3,5,9-10,12,14H,1-2,4,6-8,11H2,(H,18,19,20)/t14-/m0/s1. The maximum absolute atomic E-state index is 12.1. The number of hydrogen-bond acceptors (Lipinski definition) is 5. The SMILES string of the molecule is O=c1cc(CN2CCCC[C@H]2CCc2cccs2)nc2nc[nH]n12. The van der Waals surface area contributed by atoms with E-state index < -0.39 is 0 Å². The van der Waals surface area contributed by atoms with Crippen LogP contribution in [0.25, 0.3) is 5.78 Å². The molecular formula is C17H21N5OS. The molecule has 1 aliphatic rings. The number of aromatic amines is 1. The summed E-state index contributed by atoms with van der Waals surface area (Å²) >= 11 is 1.83. The molecule has 0 spiro atoms. The van der Waals surface area contributed by atoms with Gasteiger partial charge in [0.25, 0.3) is 11.3 Å². The first-order valence-electron chi connectivity index (χ1n) is 8.48. The van der Waals surface area contributed by atoms with E-state index in [1.807, 2.05) is 11.3 Å². The molecule has 0 bridgehead atoms. The number of likely N-dealkylation sites (tertiary alicyclic amines) is 1. The van der Waals surface area contributed by atoms with Gasteiger partial charge in [-0.2, -0.15) is 4.52 Å². The van der Waals surface area contributed by atoms with Gasteiger partial charge in [-0.3, -0.25) is 14.8 Å². The topological polar surface area (TPSA) is 66.3 Å². The zero-order valence-electron chi connectivity index (χ0n) is 13.5. The van der Waals surface area contributed by atoms with Gasteiger partial charge in [-0.25, -0.2) is 9.97 Å². The summed E-state index contributed by atoms with van der Waals surface area (Å²) in [5.41, 5.74) is 0.717. The number of H-pyrrole nitrogens is 1. The third-order valence-corrected chi connectivity index (χ3v) is 5.68. The number of thiophene rings is 1. The highest BCUT2D eigenvalue weighted by Gasteiger charge is 2.23. The van der Waals surface area contributed by atoms with Crippen molar-refractivity contribution in [2.75, 3.05) is 6.54 Å². The molecule has 0 unspecified atom stereocenters.